The first kappa shape index (κ1) is 26.5. The number of nitrogens with one attached hydrogen (secondary N) is 1. The van der Waals surface area contributed by atoms with Crippen molar-refractivity contribution in [2.24, 2.45) is 0 Å². The number of benzene rings is 2. The van der Waals surface area contributed by atoms with Crippen molar-refractivity contribution in [1.82, 2.24) is 25.1 Å². The van der Waals surface area contributed by atoms with Crippen LogP contribution in [0, 0.1) is 5.82 Å². The predicted octanol–water partition coefficient (Wildman–Crippen LogP) is 7.22. The van der Waals surface area contributed by atoms with Crippen molar-refractivity contribution in [2.75, 3.05) is 13.1 Å². The number of halogens is 1. The number of likely N-dealkylation sites (tertiary alicyclic amines) is 1. The second-order valence-corrected chi connectivity index (χ2v) is 10.3. The molecule has 1 saturated heterocycles. The average molecular weight is 548 g/mol. The van der Waals surface area contributed by atoms with Crippen molar-refractivity contribution in [2.45, 2.75) is 32.2 Å². The normalized spacial score (nSPS) is 14.1. The minimum Gasteiger partial charge on any atom is -0.439 e. The molecule has 0 saturated carbocycles. The Kier molecular flexibility index (Phi) is 7.91. The van der Waals surface area contributed by atoms with Crippen LogP contribution >= 0.6 is 0 Å². The zero-order chi connectivity index (χ0) is 28.0. The van der Waals surface area contributed by atoms with Gasteiger partial charge in [0.1, 0.15) is 17.3 Å². The van der Waals surface area contributed by atoms with Crippen LogP contribution in [0.2, 0.25) is 0 Å². The van der Waals surface area contributed by atoms with E-state index >= 15 is 0 Å². The number of pyridine rings is 2. The quantitative estimate of drug-likeness (QED) is 0.196. The molecular weight excluding hydrogens is 517 g/mol. The lowest BCUT2D eigenvalue weighted by Crippen LogP contribution is -2.29. The van der Waals surface area contributed by atoms with Crippen molar-refractivity contribution in [1.29, 1.82) is 0 Å². The number of carbonyl (C=O) groups is 1. The van der Waals surface area contributed by atoms with E-state index < -0.39 is 0 Å². The molecule has 7 nitrogen and oxygen atoms in total. The molecule has 1 fully saturated rings. The molecule has 0 unspecified atom stereocenters. The summed E-state index contributed by atoms with van der Waals surface area (Å²) in [5.74, 6) is 0.500. The average Bonchev–Trinajstić information content (AvgIpc) is 3.43. The second kappa shape index (κ2) is 12.2. The summed E-state index contributed by atoms with van der Waals surface area (Å²) in [6, 6.07) is 17.5. The van der Waals surface area contributed by atoms with Crippen LogP contribution in [0.1, 0.15) is 47.3 Å². The highest BCUT2D eigenvalue weighted by Gasteiger charge is 2.15. The maximum atomic E-state index is 13.1. The third-order valence-corrected chi connectivity index (χ3v) is 7.22. The number of carbonyl (C=O) groups excluding carboxylic acids is 1. The highest BCUT2D eigenvalue weighted by Crippen LogP contribution is 2.27. The van der Waals surface area contributed by atoms with E-state index in [1.54, 1.807) is 30.5 Å². The Labute approximate surface area is 237 Å². The Morgan fingerprint density at radius 1 is 0.951 bits per heavy atom. The number of aromatic amines is 1. The fraction of sp³-hybridized carbons (Fsp3) is 0.212. The van der Waals surface area contributed by atoms with Gasteiger partial charge in [-0.15, -0.1) is 0 Å². The summed E-state index contributed by atoms with van der Waals surface area (Å²) < 4.78 is 18.7. The SMILES string of the molecule is O=C(C/C=C/c1ccc(Oc2ccc(F)cc2)nc1)c1n[nH]c2ccc(-c3cncc(CN4CCCCC4)c3)cc12. The topological polar surface area (TPSA) is 84.0 Å². The third-order valence-electron chi connectivity index (χ3n) is 7.22. The highest BCUT2D eigenvalue weighted by atomic mass is 19.1. The van der Waals surface area contributed by atoms with Gasteiger partial charge >= 0.3 is 0 Å². The van der Waals surface area contributed by atoms with Crippen LogP contribution in [0.5, 0.6) is 11.6 Å². The molecule has 1 N–H and O–H groups in total. The summed E-state index contributed by atoms with van der Waals surface area (Å²) in [4.78, 5) is 24.4. The summed E-state index contributed by atoms with van der Waals surface area (Å²) in [7, 11) is 0. The van der Waals surface area contributed by atoms with Crippen molar-refractivity contribution < 1.29 is 13.9 Å². The lowest BCUT2D eigenvalue weighted by atomic mass is 10.0. The van der Waals surface area contributed by atoms with Crippen LogP contribution in [0.4, 0.5) is 4.39 Å². The van der Waals surface area contributed by atoms with Gasteiger partial charge in [-0.3, -0.25) is 19.8 Å². The zero-order valence-electron chi connectivity index (χ0n) is 22.6. The molecule has 206 valence electrons. The van der Waals surface area contributed by atoms with E-state index in [-0.39, 0.29) is 18.0 Å². The Morgan fingerprint density at radius 3 is 2.61 bits per heavy atom. The molecule has 0 spiro atoms. The maximum Gasteiger partial charge on any atom is 0.219 e. The van der Waals surface area contributed by atoms with E-state index in [4.69, 9.17) is 4.74 Å². The van der Waals surface area contributed by atoms with Crippen LogP contribution in [-0.2, 0) is 6.54 Å². The van der Waals surface area contributed by atoms with Crippen LogP contribution in [0.15, 0.2) is 85.3 Å². The lowest BCUT2D eigenvalue weighted by Gasteiger charge is -2.26. The molecule has 2 aromatic carbocycles. The molecule has 1 aliphatic heterocycles. The van der Waals surface area contributed by atoms with Crippen LogP contribution in [0.3, 0.4) is 0 Å². The van der Waals surface area contributed by atoms with Gasteiger partial charge in [-0.1, -0.05) is 24.6 Å². The van der Waals surface area contributed by atoms with Gasteiger partial charge in [-0.2, -0.15) is 5.10 Å². The monoisotopic (exact) mass is 547 g/mol. The molecule has 0 bridgehead atoms. The molecule has 4 heterocycles. The number of nitrogens with zero attached hydrogens (tertiary/aromatic N) is 4. The van der Waals surface area contributed by atoms with E-state index in [9.17, 15) is 9.18 Å². The first-order chi connectivity index (χ1) is 20.1. The van der Waals surface area contributed by atoms with Crippen molar-refractivity contribution in [3.8, 4) is 22.8 Å². The van der Waals surface area contributed by atoms with E-state index in [0.717, 1.165) is 47.2 Å². The molecule has 0 aliphatic carbocycles. The lowest BCUT2D eigenvalue weighted by molar-refractivity contribution is 0.0992. The van der Waals surface area contributed by atoms with Gasteiger partial charge in [0.15, 0.2) is 5.78 Å². The first-order valence-electron chi connectivity index (χ1n) is 13.8. The molecule has 8 heteroatoms. The number of Topliss-reactive ketones (excluding diaryl/α,β-unsaturated/α-hetero) is 1. The number of hydrogen-bond acceptors (Lipinski definition) is 6. The van der Waals surface area contributed by atoms with Gasteiger partial charge in [0, 0.05) is 48.6 Å². The van der Waals surface area contributed by atoms with Gasteiger partial charge in [0.2, 0.25) is 5.88 Å². The molecule has 0 amide bonds. The first-order valence-corrected chi connectivity index (χ1v) is 13.8. The number of aromatic nitrogens is 4. The van der Waals surface area contributed by atoms with E-state index in [1.807, 2.05) is 42.7 Å². The number of fused-ring (bicyclic) bond motifs is 1. The molecule has 3 aromatic heterocycles. The molecule has 0 radical (unpaired) electrons. The van der Waals surface area contributed by atoms with Crippen molar-refractivity contribution in [3.63, 3.8) is 0 Å². The van der Waals surface area contributed by atoms with Gasteiger partial charge in [-0.25, -0.2) is 9.37 Å². The summed E-state index contributed by atoms with van der Waals surface area (Å²) in [6.45, 7) is 3.18. The number of ketones is 1. The molecule has 41 heavy (non-hydrogen) atoms. The van der Waals surface area contributed by atoms with Crippen LogP contribution < -0.4 is 4.74 Å². The molecule has 6 rings (SSSR count). The fourth-order valence-electron chi connectivity index (χ4n) is 5.09. The Hall–Kier alpha value is -4.69. The number of allylic oxidation sites excluding steroid dienone is 1. The number of hydrogen-bond donors (Lipinski definition) is 1. The standard InChI is InChI=1S/C33H30FN5O2/c34-27-9-11-28(12-10-27)41-32-14-7-23(20-36-32)5-4-6-31(40)33-29-18-25(8-13-30(29)37-38-33)26-17-24(19-35-21-26)22-39-15-2-1-3-16-39/h4-5,7-14,17-21H,1-3,6,15-16,22H2,(H,37,38)/b5-4+. The number of H-pyrrole nitrogens is 1. The zero-order valence-corrected chi connectivity index (χ0v) is 22.6. The second-order valence-electron chi connectivity index (χ2n) is 10.3. The predicted molar refractivity (Wildman–Crippen MR) is 157 cm³/mol. The fourth-order valence-corrected chi connectivity index (χ4v) is 5.09. The highest BCUT2D eigenvalue weighted by molar-refractivity contribution is 6.07. The van der Waals surface area contributed by atoms with Gasteiger partial charge < -0.3 is 4.74 Å². The summed E-state index contributed by atoms with van der Waals surface area (Å²) in [5, 5.41) is 8.11. The minimum atomic E-state index is -0.325. The van der Waals surface area contributed by atoms with Gasteiger partial charge in [0.05, 0.1) is 5.52 Å². The van der Waals surface area contributed by atoms with E-state index in [0.29, 0.717) is 17.3 Å². The Morgan fingerprint density at radius 2 is 1.80 bits per heavy atom. The van der Waals surface area contributed by atoms with E-state index in [1.165, 1.54) is 37.0 Å². The summed E-state index contributed by atoms with van der Waals surface area (Å²) >= 11 is 0. The summed E-state index contributed by atoms with van der Waals surface area (Å²) in [6.07, 6.45) is 13.1. The molecule has 0 atom stereocenters. The van der Waals surface area contributed by atoms with Crippen LogP contribution in [0.25, 0.3) is 28.1 Å². The minimum absolute atomic E-state index is 0.0779. The van der Waals surface area contributed by atoms with E-state index in [2.05, 4.69) is 31.1 Å². The molecular formula is C33H30FN5O2. The van der Waals surface area contributed by atoms with Gasteiger partial charge in [-0.05, 0) is 91.2 Å². The number of piperidine rings is 1. The Balaban J connectivity index is 1.11. The van der Waals surface area contributed by atoms with Crippen LogP contribution in [-0.4, -0.2) is 43.9 Å². The van der Waals surface area contributed by atoms with Gasteiger partial charge in [0.25, 0.3) is 0 Å². The van der Waals surface area contributed by atoms with Crippen molar-refractivity contribution >= 4 is 22.8 Å². The largest absolute Gasteiger partial charge is 0.439 e. The maximum absolute atomic E-state index is 13.1. The Bertz CT molecular complexity index is 1670. The third kappa shape index (κ3) is 6.56. The molecule has 5 aromatic rings. The van der Waals surface area contributed by atoms with Crippen molar-refractivity contribution in [3.05, 3.63) is 108 Å². The number of rotatable bonds is 9. The summed E-state index contributed by atoms with van der Waals surface area (Å²) in [5.41, 5.74) is 5.30. The molecule has 1 aliphatic rings. The number of ether oxygens (including phenoxy) is 1. The smallest absolute Gasteiger partial charge is 0.219 e.